The average molecular weight is 287 g/mol. The first-order chi connectivity index (χ1) is 9.89. The van der Waals surface area contributed by atoms with Gasteiger partial charge in [-0.25, -0.2) is 4.79 Å². The van der Waals surface area contributed by atoms with E-state index in [1.54, 1.807) is 7.05 Å². The smallest absolute Gasteiger partial charge is 0.407 e. The summed E-state index contributed by atoms with van der Waals surface area (Å²) in [6.07, 6.45) is 1.55. The second-order valence-corrected chi connectivity index (χ2v) is 5.79. The van der Waals surface area contributed by atoms with E-state index in [9.17, 15) is 9.90 Å². The van der Waals surface area contributed by atoms with Crippen LogP contribution < -0.4 is 0 Å². The first-order valence-corrected chi connectivity index (χ1v) is 7.18. The average Bonchev–Trinajstić information content (AvgIpc) is 2.44. The Morgan fingerprint density at radius 3 is 2.90 bits per heavy atom. The maximum atomic E-state index is 11.0. The molecular formula is C17H21NO3. The lowest BCUT2D eigenvalue weighted by Crippen LogP contribution is -2.45. The highest BCUT2D eigenvalue weighted by Crippen LogP contribution is 2.30. The molecule has 1 amide bonds. The highest BCUT2D eigenvalue weighted by atomic mass is 16.4. The molecule has 0 aromatic heterocycles. The van der Waals surface area contributed by atoms with E-state index < -0.39 is 11.7 Å². The van der Waals surface area contributed by atoms with Gasteiger partial charge in [0.25, 0.3) is 0 Å². The number of benzene rings is 1. The summed E-state index contributed by atoms with van der Waals surface area (Å²) in [6, 6.07) is 7.64. The standard InChI is InChI=1S/C17H21NO3/c1-13-5-3-6-14(11-13)8-10-17(21)9-4-7-15(12-17)18(2)16(19)20/h3,5-6,11,15,21H,4,7,9,12H2,1-2H3,(H,19,20). The Kier molecular flexibility index (Phi) is 4.54. The molecule has 2 rings (SSSR count). The molecule has 0 heterocycles. The van der Waals surface area contributed by atoms with E-state index in [1.807, 2.05) is 31.2 Å². The van der Waals surface area contributed by atoms with Crippen LogP contribution in [0.15, 0.2) is 24.3 Å². The molecule has 1 saturated carbocycles. The van der Waals surface area contributed by atoms with Crippen molar-refractivity contribution in [3.63, 3.8) is 0 Å². The molecule has 2 N–H and O–H groups in total. The van der Waals surface area contributed by atoms with Crippen molar-refractivity contribution in [2.24, 2.45) is 0 Å². The number of hydrogen-bond donors (Lipinski definition) is 2. The van der Waals surface area contributed by atoms with E-state index >= 15 is 0 Å². The number of rotatable bonds is 1. The molecule has 2 atom stereocenters. The van der Waals surface area contributed by atoms with Crippen molar-refractivity contribution < 1.29 is 15.0 Å². The molecule has 112 valence electrons. The summed E-state index contributed by atoms with van der Waals surface area (Å²) in [6.45, 7) is 2.00. The van der Waals surface area contributed by atoms with Crippen molar-refractivity contribution in [1.82, 2.24) is 4.90 Å². The third kappa shape index (κ3) is 3.99. The van der Waals surface area contributed by atoms with Crippen LogP contribution in [0.25, 0.3) is 0 Å². The molecule has 4 heteroatoms. The third-order valence-electron chi connectivity index (χ3n) is 4.01. The second kappa shape index (κ2) is 6.19. The highest BCUT2D eigenvalue weighted by molar-refractivity contribution is 5.65. The molecule has 1 fully saturated rings. The zero-order chi connectivity index (χ0) is 15.5. The van der Waals surface area contributed by atoms with Crippen LogP contribution in [0.5, 0.6) is 0 Å². The number of nitrogens with zero attached hydrogens (tertiary/aromatic N) is 1. The first-order valence-electron chi connectivity index (χ1n) is 7.18. The van der Waals surface area contributed by atoms with E-state index in [-0.39, 0.29) is 6.04 Å². The van der Waals surface area contributed by atoms with Gasteiger partial charge in [-0.3, -0.25) is 0 Å². The molecule has 1 aromatic rings. The van der Waals surface area contributed by atoms with E-state index in [1.165, 1.54) is 4.90 Å². The SMILES string of the molecule is Cc1cccc(C#CC2(O)CCCC(N(C)C(=O)O)C2)c1. The van der Waals surface area contributed by atoms with Gasteiger partial charge in [0.15, 0.2) is 0 Å². The molecule has 0 bridgehead atoms. The zero-order valence-corrected chi connectivity index (χ0v) is 12.5. The summed E-state index contributed by atoms with van der Waals surface area (Å²) in [7, 11) is 1.55. The lowest BCUT2D eigenvalue weighted by atomic mass is 9.81. The maximum Gasteiger partial charge on any atom is 0.407 e. The van der Waals surface area contributed by atoms with Gasteiger partial charge in [-0.15, -0.1) is 0 Å². The molecule has 21 heavy (non-hydrogen) atoms. The Labute approximate surface area is 125 Å². The van der Waals surface area contributed by atoms with Crippen molar-refractivity contribution in [2.75, 3.05) is 7.05 Å². The largest absolute Gasteiger partial charge is 0.465 e. The molecule has 1 aliphatic carbocycles. The van der Waals surface area contributed by atoms with E-state index in [2.05, 4.69) is 11.8 Å². The molecule has 0 spiro atoms. The quantitative estimate of drug-likeness (QED) is 0.781. The fraction of sp³-hybridized carbons (Fsp3) is 0.471. The summed E-state index contributed by atoms with van der Waals surface area (Å²) in [5.74, 6) is 5.97. The minimum absolute atomic E-state index is 0.173. The minimum Gasteiger partial charge on any atom is -0.465 e. The molecule has 2 unspecified atom stereocenters. The lowest BCUT2D eigenvalue weighted by molar-refractivity contribution is 0.0225. The van der Waals surface area contributed by atoms with Gasteiger partial charge in [-0.2, -0.15) is 0 Å². The number of hydrogen-bond acceptors (Lipinski definition) is 2. The molecule has 1 aromatic carbocycles. The Morgan fingerprint density at radius 2 is 2.24 bits per heavy atom. The van der Waals surface area contributed by atoms with Crippen LogP contribution in [0, 0.1) is 18.8 Å². The topological polar surface area (TPSA) is 60.8 Å². The maximum absolute atomic E-state index is 11.0. The van der Waals surface area contributed by atoms with Crippen LogP contribution in [0.1, 0.15) is 36.8 Å². The van der Waals surface area contributed by atoms with E-state index in [4.69, 9.17) is 5.11 Å². The molecular weight excluding hydrogens is 266 g/mol. The van der Waals surface area contributed by atoms with Crippen LogP contribution in [-0.4, -0.2) is 39.9 Å². The van der Waals surface area contributed by atoms with Gasteiger partial charge in [-0.1, -0.05) is 24.0 Å². The van der Waals surface area contributed by atoms with E-state index in [0.29, 0.717) is 12.8 Å². The van der Waals surface area contributed by atoms with Gasteiger partial charge < -0.3 is 15.1 Å². The second-order valence-electron chi connectivity index (χ2n) is 5.79. The Hall–Kier alpha value is -1.99. The zero-order valence-electron chi connectivity index (χ0n) is 12.5. The number of aryl methyl sites for hydroxylation is 1. The van der Waals surface area contributed by atoms with Crippen LogP contribution in [0.2, 0.25) is 0 Å². The number of carboxylic acid groups (broad SMARTS) is 1. The van der Waals surface area contributed by atoms with Crippen molar-refractivity contribution in [3.05, 3.63) is 35.4 Å². The summed E-state index contributed by atoms with van der Waals surface area (Å²) in [4.78, 5) is 12.3. The molecule has 0 radical (unpaired) electrons. The van der Waals surface area contributed by atoms with Crippen LogP contribution >= 0.6 is 0 Å². The normalized spacial score (nSPS) is 24.8. The molecule has 1 aliphatic rings. The predicted octanol–water partition coefficient (Wildman–Crippen LogP) is 2.63. The summed E-state index contributed by atoms with van der Waals surface area (Å²) in [5.41, 5.74) is 0.897. The van der Waals surface area contributed by atoms with Gasteiger partial charge in [0.2, 0.25) is 0 Å². The van der Waals surface area contributed by atoms with Crippen molar-refractivity contribution in [3.8, 4) is 11.8 Å². The molecule has 0 saturated heterocycles. The van der Waals surface area contributed by atoms with Gasteiger partial charge in [0.1, 0.15) is 5.60 Å². The van der Waals surface area contributed by atoms with Crippen LogP contribution in [0.3, 0.4) is 0 Å². The van der Waals surface area contributed by atoms with Crippen molar-refractivity contribution >= 4 is 6.09 Å². The highest BCUT2D eigenvalue weighted by Gasteiger charge is 2.35. The van der Waals surface area contributed by atoms with Gasteiger partial charge in [0, 0.05) is 25.1 Å². The van der Waals surface area contributed by atoms with Gasteiger partial charge >= 0.3 is 6.09 Å². The monoisotopic (exact) mass is 287 g/mol. The van der Waals surface area contributed by atoms with Crippen LogP contribution in [-0.2, 0) is 0 Å². The fourth-order valence-corrected chi connectivity index (χ4v) is 2.74. The first kappa shape index (κ1) is 15.4. The van der Waals surface area contributed by atoms with Crippen LogP contribution in [0.4, 0.5) is 4.79 Å². The molecule has 0 aliphatic heterocycles. The van der Waals surface area contributed by atoms with Crippen molar-refractivity contribution in [2.45, 2.75) is 44.2 Å². The van der Waals surface area contributed by atoms with Crippen molar-refractivity contribution in [1.29, 1.82) is 0 Å². The minimum atomic E-state index is -1.10. The Bertz CT molecular complexity index is 587. The number of aliphatic hydroxyl groups is 1. The fourth-order valence-electron chi connectivity index (χ4n) is 2.74. The Balaban J connectivity index is 2.13. The Morgan fingerprint density at radius 1 is 1.48 bits per heavy atom. The predicted molar refractivity (Wildman–Crippen MR) is 81.1 cm³/mol. The third-order valence-corrected chi connectivity index (χ3v) is 4.01. The summed E-state index contributed by atoms with van der Waals surface area (Å²) in [5, 5.41) is 19.7. The summed E-state index contributed by atoms with van der Waals surface area (Å²) >= 11 is 0. The lowest BCUT2D eigenvalue weighted by Gasteiger charge is -2.36. The molecule has 4 nitrogen and oxygen atoms in total. The number of amides is 1. The number of carbonyl (C=O) groups is 1. The van der Waals surface area contributed by atoms with Gasteiger partial charge in [0.05, 0.1) is 0 Å². The van der Waals surface area contributed by atoms with Gasteiger partial charge in [-0.05, 0) is 43.9 Å². The van der Waals surface area contributed by atoms with E-state index in [0.717, 1.165) is 24.0 Å². The summed E-state index contributed by atoms with van der Waals surface area (Å²) < 4.78 is 0.